The first-order valence-electron chi connectivity index (χ1n) is 6.85. The molecule has 2 aromatic carbocycles. The lowest BCUT2D eigenvalue weighted by atomic mass is 10.1. The van der Waals surface area contributed by atoms with Gasteiger partial charge in [-0.3, -0.25) is 9.78 Å². The quantitative estimate of drug-likeness (QED) is 0.645. The predicted molar refractivity (Wildman–Crippen MR) is 87.5 cm³/mol. The number of nitrogen functional groups attached to an aromatic ring is 1. The van der Waals surface area contributed by atoms with Gasteiger partial charge in [-0.25, -0.2) is 4.79 Å². The van der Waals surface area contributed by atoms with Crippen molar-refractivity contribution >= 4 is 34.2 Å². The van der Waals surface area contributed by atoms with Crippen LogP contribution < -0.4 is 11.1 Å². The molecule has 3 aromatic rings. The summed E-state index contributed by atoms with van der Waals surface area (Å²) in [6.07, 6.45) is 1.60. The topological polar surface area (TPSA) is 105 Å². The third kappa shape index (κ3) is 2.69. The Hall–Kier alpha value is -3.41. The second-order valence-corrected chi connectivity index (χ2v) is 4.91. The second-order valence-electron chi connectivity index (χ2n) is 4.91. The molecule has 0 aliphatic rings. The van der Waals surface area contributed by atoms with Gasteiger partial charge in [0.25, 0.3) is 5.91 Å². The molecule has 3 rings (SSSR count). The van der Waals surface area contributed by atoms with Crippen molar-refractivity contribution in [3.63, 3.8) is 0 Å². The van der Waals surface area contributed by atoms with Crippen LogP contribution in [0.2, 0.25) is 0 Å². The van der Waals surface area contributed by atoms with Crippen LogP contribution in [0.3, 0.4) is 0 Å². The molecule has 4 N–H and O–H groups in total. The zero-order valence-electron chi connectivity index (χ0n) is 12.0. The number of hydrogen-bond donors (Lipinski definition) is 3. The van der Waals surface area contributed by atoms with Crippen molar-refractivity contribution in [1.29, 1.82) is 0 Å². The number of carbonyl (C=O) groups is 2. The summed E-state index contributed by atoms with van der Waals surface area (Å²) in [5, 5.41) is 12.6. The van der Waals surface area contributed by atoms with Crippen molar-refractivity contribution in [3.8, 4) is 0 Å². The zero-order chi connectivity index (χ0) is 16.4. The SMILES string of the molecule is Nc1ccc(NC(=O)c2ccccc2C(=O)O)c2ncccc12. The first-order valence-corrected chi connectivity index (χ1v) is 6.85. The van der Waals surface area contributed by atoms with E-state index in [9.17, 15) is 14.7 Å². The van der Waals surface area contributed by atoms with E-state index in [1.165, 1.54) is 12.1 Å². The lowest BCUT2D eigenvalue weighted by molar-refractivity contribution is 0.0692. The van der Waals surface area contributed by atoms with Gasteiger partial charge in [0.15, 0.2) is 0 Å². The van der Waals surface area contributed by atoms with Crippen molar-refractivity contribution in [2.45, 2.75) is 0 Å². The van der Waals surface area contributed by atoms with E-state index >= 15 is 0 Å². The van der Waals surface area contributed by atoms with Crippen LogP contribution in [-0.2, 0) is 0 Å². The van der Waals surface area contributed by atoms with Crippen LogP contribution in [0.1, 0.15) is 20.7 Å². The highest BCUT2D eigenvalue weighted by Crippen LogP contribution is 2.26. The first kappa shape index (κ1) is 14.5. The normalized spacial score (nSPS) is 10.4. The molecule has 6 nitrogen and oxygen atoms in total. The van der Waals surface area contributed by atoms with E-state index in [2.05, 4.69) is 10.3 Å². The van der Waals surface area contributed by atoms with Gasteiger partial charge in [-0.05, 0) is 36.4 Å². The number of carbonyl (C=O) groups excluding carboxylic acids is 1. The van der Waals surface area contributed by atoms with E-state index < -0.39 is 11.9 Å². The van der Waals surface area contributed by atoms with Crippen LogP contribution in [-0.4, -0.2) is 22.0 Å². The second kappa shape index (κ2) is 5.76. The molecule has 1 aromatic heterocycles. The Morgan fingerprint density at radius 2 is 1.74 bits per heavy atom. The summed E-state index contributed by atoms with van der Waals surface area (Å²) < 4.78 is 0. The number of rotatable bonds is 3. The number of aromatic nitrogens is 1. The average Bonchev–Trinajstić information content (AvgIpc) is 2.57. The number of nitrogens with one attached hydrogen (secondary N) is 1. The minimum atomic E-state index is -1.16. The maximum atomic E-state index is 12.4. The van der Waals surface area contributed by atoms with E-state index in [0.29, 0.717) is 16.9 Å². The summed E-state index contributed by atoms with van der Waals surface area (Å²) in [7, 11) is 0. The highest BCUT2D eigenvalue weighted by molar-refractivity contribution is 6.13. The molecule has 0 aliphatic heterocycles. The fourth-order valence-electron chi connectivity index (χ4n) is 2.35. The van der Waals surface area contributed by atoms with Gasteiger partial charge in [0.2, 0.25) is 0 Å². The van der Waals surface area contributed by atoms with Crippen LogP contribution in [0.25, 0.3) is 10.9 Å². The van der Waals surface area contributed by atoms with Crippen LogP contribution in [0.15, 0.2) is 54.7 Å². The number of carboxylic acid groups (broad SMARTS) is 1. The number of hydrogen-bond acceptors (Lipinski definition) is 4. The van der Waals surface area contributed by atoms with Gasteiger partial charge < -0.3 is 16.2 Å². The van der Waals surface area contributed by atoms with Gasteiger partial charge in [0.1, 0.15) is 0 Å². The van der Waals surface area contributed by atoms with Crippen LogP contribution in [0.4, 0.5) is 11.4 Å². The van der Waals surface area contributed by atoms with E-state index in [1.54, 1.807) is 42.6 Å². The molecule has 0 saturated carbocycles. The molecular formula is C17H13N3O3. The Bertz CT molecular complexity index is 922. The van der Waals surface area contributed by atoms with Gasteiger partial charge in [0, 0.05) is 17.3 Å². The number of aromatic carboxylic acids is 1. The Kier molecular flexibility index (Phi) is 3.64. The maximum Gasteiger partial charge on any atom is 0.336 e. The molecule has 0 saturated heterocycles. The number of amides is 1. The number of pyridine rings is 1. The van der Waals surface area contributed by atoms with Gasteiger partial charge in [-0.2, -0.15) is 0 Å². The number of nitrogens with zero attached hydrogens (tertiary/aromatic N) is 1. The van der Waals surface area contributed by atoms with E-state index in [0.717, 1.165) is 5.39 Å². The third-order valence-electron chi connectivity index (χ3n) is 3.45. The van der Waals surface area contributed by atoms with Gasteiger partial charge in [-0.1, -0.05) is 12.1 Å². The number of nitrogens with two attached hydrogens (primary N) is 1. The molecular weight excluding hydrogens is 294 g/mol. The summed E-state index contributed by atoms with van der Waals surface area (Å²) in [6.45, 7) is 0. The number of benzene rings is 2. The van der Waals surface area contributed by atoms with Gasteiger partial charge in [-0.15, -0.1) is 0 Å². The molecule has 114 valence electrons. The van der Waals surface area contributed by atoms with Crippen molar-refractivity contribution < 1.29 is 14.7 Å². The smallest absolute Gasteiger partial charge is 0.336 e. The largest absolute Gasteiger partial charge is 0.478 e. The van der Waals surface area contributed by atoms with Crippen LogP contribution >= 0.6 is 0 Å². The molecule has 0 aliphatic carbocycles. The fourth-order valence-corrected chi connectivity index (χ4v) is 2.35. The van der Waals surface area contributed by atoms with Gasteiger partial charge in [0.05, 0.1) is 22.3 Å². The predicted octanol–water partition coefficient (Wildman–Crippen LogP) is 2.77. The summed E-state index contributed by atoms with van der Waals surface area (Å²) in [4.78, 5) is 27.9. The van der Waals surface area contributed by atoms with E-state index in [-0.39, 0.29) is 11.1 Å². The summed E-state index contributed by atoms with van der Waals surface area (Å²) in [5.41, 5.74) is 7.50. The molecule has 1 heterocycles. The van der Waals surface area contributed by atoms with Crippen molar-refractivity contribution in [2.75, 3.05) is 11.1 Å². The number of anilines is 2. The molecule has 6 heteroatoms. The number of fused-ring (bicyclic) bond motifs is 1. The van der Waals surface area contributed by atoms with Crippen molar-refractivity contribution in [3.05, 3.63) is 65.9 Å². The summed E-state index contributed by atoms with van der Waals surface area (Å²) in [5.74, 6) is -1.67. The molecule has 0 fully saturated rings. The molecule has 0 radical (unpaired) electrons. The fraction of sp³-hybridized carbons (Fsp3) is 0. The van der Waals surface area contributed by atoms with Crippen molar-refractivity contribution in [2.24, 2.45) is 0 Å². The Labute approximate surface area is 131 Å². The zero-order valence-corrected chi connectivity index (χ0v) is 12.0. The molecule has 1 amide bonds. The van der Waals surface area contributed by atoms with Crippen LogP contribution in [0, 0.1) is 0 Å². The molecule has 0 atom stereocenters. The highest BCUT2D eigenvalue weighted by Gasteiger charge is 2.17. The third-order valence-corrected chi connectivity index (χ3v) is 3.45. The minimum Gasteiger partial charge on any atom is -0.478 e. The number of carboxylic acids is 1. The highest BCUT2D eigenvalue weighted by atomic mass is 16.4. The lowest BCUT2D eigenvalue weighted by Crippen LogP contribution is -2.16. The monoisotopic (exact) mass is 307 g/mol. The molecule has 0 bridgehead atoms. The Morgan fingerprint density at radius 3 is 2.48 bits per heavy atom. The molecule has 0 unspecified atom stereocenters. The molecule has 23 heavy (non-hydrogen) atoms. The standard InChI is InChI=1S/C17H13N3O3/c18-13-7-8-14(15-12(13)6-3-9-19-15)20-16(21)10-4-1-2-5-11(10)17(22)23/h1-9H,18H2,(H,20,21)(H,22,23). The lowest BCUT2D eigenvalue weighted by Gasteiger charge is -2.11. The summed E-state index contributed by atoms with van der Waals surface area (Å²) >= 11 is 0. The Balaban J connectivity index is 2.02. The minimum absolute atomic E-state index is 0.0577. The van der Waals surface area contributed by atoms with Crippen molar-refractivity contribution in [1.82, 2.24) is 4.98 Å². The average molecular weight is 307 g/mol. The summed E-state index contributed by atoms with van der Waals surface area (Å²) in [6, 6.07) is 12.9. The van der Waals surface area contributed by atoms with Crippen LogP contribution in [0.5, 0.6) is 0 Å². The Morgan fingerprint density at radius 1 is 1.00 bits per heavy atom. The first-order chi connectivity index (χ1) is 11.1. The van der Waals surface area contributed by atoms with E-state index in [1.807, 2.05) is 0 Å². The van der Waals surface area contributed by atoms with E-state index in [4.69, 9.17) is 5.73 Å². The molecule has 0 spiro atoms. The maximum absolute atomic E-state index is 12.4. The van der Waals surface area contributed by atoms with Gasteiger partial charge >= 0.3 is 5.97 Å².